The van der Waals surface area contributed by atoms with E-state index < -0.39 is 0 Å². The molecule has 2 aliphatic rings. The average Bonchev–Trinajstić information content (AvgIpc) is 3.39. The predicted octanol–water partition coefficient (Wildman–Crippen LogP) is 2.66. The van der Waals surface area contributed by atoms with E-state index in [0.29, 0.717) is 18.9 Å². The van der Waals surface area contributed by atoms with Gasteiger partial charge in [-0.3, -0.25) is 5.32 Å². The molecule has 8 nitrogen and oxygen atoms in total. The Balaban J connectivity index is 1.37. The minimum Gasteiger partial charge on any atom is -0.485 e. The van der Waals surface area contributed by atoms with Crippen LogP contribution in [0.3, 0.4) is 0 Å². The molecule has 4 heterocycles. The van der Waals surface area contributed by atoms with Gasteiger partial charge in [-0.05, 0) is 31.9 Å². The molecule has 0 aromatic carbocycles. The molecule has 0 bridgehead atoms. The Morgan fingerprint density at radius 1 is 1.35 bits per heavy atom. The van der Waals surface area contributed by atoms with Crippen molar-refractivity contribution in [3.8, 4) is 5.75 Å². The van der Waals surface area contributed by atoms with Crippen LogP contribution in [0, 0.1) is 6.92 Å². The number of rotatable bonds is 4. The Morgan fingerprint density at radius 2 is 2.19 bits per heavy atom. The van der Waals surface area contributed by atoms with Gasteiger partial charge >= 0.3 is 6.03 Å². The van der Waals surface area contributed by atoms with E-state index in [1.165, 1.54) is 19.1 Å². The van der Waals surface area contributed by atoms with E-state index in [1.54, 1.807) is 11.1 Å². The zero-order chi connectivity index (χ0) is 17.9. The van der Waals surface area contributed by atoms with Gasteiger partial charge < -0.3 is 19.1 Å². The Bertz CT molecular complexity index is 772. The summed E-state index contributed by atoms with van der Waals surface area (Å²) in [6, 6.07) is 3.67. The number of carbonyl (C=O) groups is 1. The highest BCUT2D eigenvalue weighted by molar-refractivity contribution is 5.89. The van der Waals surface area contributed by atoms with Crippen LogP contribution in [-0.2, 0) is 0 Å². The van der Waals surface area contributed by atoms with Crippen molar-refractivity contribution < 1.29 is 14.1 Å². The van der Waals surface area contributed by atoms with E-state index in [4.69, 9.17) is 9.26 Å². The molecule has 0 saturated carbocycles. The van der Waals surface area contributed by atoms with Crippen LogP contribution < -0.4 is 15.0 Å². The van der Waals surface area contributed by atoms with Crippen LogP contribution >= 0.6 is 0 Å². The largest absolute Gasteiger partial charge is 0.485 e. The van der Waals surface area contributed by atoms with Crippen LogP contribution in [0.1, 0.15) is 24.8 Å². The average molecular weight is 357 g/mol. The number of aromatic nitrogens is 2. The van der Waals surface area contributed by atoms with E-state index in [0.717, 1.165) is 36.6 Å². The molecule has 8 heteroatoms. The lowest BCUT2D eigenvalue weighted by atomic mass is 10.3. The molecular weight excluding hydrogens is 334 g/mol. The third kappa shape index (κ3) is 3.44. The number of hydrogen-bond acceptors (Lipinski definition) is 6. The van der Waals surface area contributed by atoms with Crippen LogP contribution in [0.25, 0.3) is 0 Å². The van der Waals surface area contributed by atoms with Crippen molar-refractivity contribution in [3.05, 3.63) is 30.2 Å². The topological polar surface area (TPSA) is 83.7 Å². The van der Waals surface area contributed by atoms with Crippen LogP contribution in [0.5, 0.6) is 5.75 Å². The van der Waals surface area contributed by atoms with Crippen molar-refractivity contribution in [3.63, 3.8) is 0 Å². The Hall–Kier alpha value is -2.77. The molecule has 0 spiro atoms. The van der Waals surface area contributed by atoms with Gasteiger partial charge in [0.2, 0.25) is 0 Å². The van der Waals surface area contributed by atoms with E-state index in [2.05, 4.69) is 20.4 Å². The standard InChI is InChI=1S/C18H23N5O3/c1-13-12-25-21-16(13)20-18(24)23-10-6-14(11-23)26-15-5-4-7-19-17(15)22-8-2-3-9-22/h4-5,7,12,14H,2-3,6,8-11H2,1H3,(H,20,21,24)/t14-/m0/s1. The number of anilines is 2. The van der Waals surface area contributed by atoms with Gasteiger partial charge in [-0.1, -0.05) is 5.16 Å². The molecule has 0 radical (unpaired) electrons. The van der Waals surface area contributed by atoms with Gasteiger partial charge in [0.05, 0.1) is 6.54 Å². The number of nitrogens with one attached hydrogen (secondary N) is 1. The highest BCUT2D eigenvalue weighted by atomic mass is 16.5. The highest BCUT2D eigenvalue weighted by Gasteiger charge is 2.29. The fourth-order valence-corrected chi connectivity index (χ4v) is 3.42. The zero-order valence-corrected chi connectivity index (χ0v) is 14.9. The first-order chi connectivity index (χ1) is 12.7. The van der Waals surface area contributed by atoms with Crippen molar-refractivity contribution >= 4 is 17.7 Å². The number of pyridine rings is 1. The molecule has 4 rings (SSSR count). The number of likely N-dealkylation sites (tertiary alicyclic amines) is 1. The summed E-state index contributed by atoms with van der Waals surface area (Å²) in [5, 5.41) is 6.57. The number of hydrogen-bond donors (Lipinski definition) is 1. The van der Waals surface area contributed by atoms with Crippen molar-refractivity contribution in [2.24, 2.45) is 0 Å². The maximum absolute atomic E-state index is 12.4. The van der Waals surface area contributed by atoms with Crippen LogP contribution in [0.2, 0.25) is 0 Å². The van der Waals surface area contributed by atoms with Crippen molar-refractivity contribution in [1.82, 2.24) is 15.0 Å². The fourth-order valence-electron chi connectivity index (χ4n) is 3.42. The summed E-state index contributed by atoms with van der Waals surface area (Å²) in [6.45, 7) is 5.06. The minimum atomic E-state index is -0.181. The van der Waals surface area contributed by atoms with Gasteiger partial charge in [-0.15, -0.1) is 0 Å². The summed E-state index contributed by atoms with van der Waals surface area (Å²) in [5.74, 6) is 2.17. The summed E-state index contributed by atoms with van der Waals surface area (Å²) in [6.07, 6.45) is 6.44. The molecule has 2 fully saturated rings. The number of urea groups is 1. The molecule has 1 atom stereocenters. The molecular formula is C18H23N5O3. The lowest BCUT2D eigenvalue weighted by Gasteiger charge is -2.22. The maximum atomic E-state index is 12.4. The summed E-state index contributed by atoms with van der Waals surface area (Å²) in [5.41, 5.74) is 0.802. The van der Waals surface area contributed by atoms with Gasteiger partial charge in [0.1, 0.15) is 12.4 Å². The predicted molar refractivity (Wildman–Crippen MR) is 96.5 cm³/mol. The van der Waals surface area contributed by atoms with Crippen molar-refractivity contribution in [2.45, 2.75) is 32.3 Å². The van der Waals surface area contributed by atoms with E-state index >= 15 is 0 Å². The summed E-state index contributed by atoms with van der Waals surface area (Å²) < 4.78 is 11.0. The van der Waals surface area contributed by atoms with Crippen molar-refractivity contribution in [1.29, 1.82) is 0 Å². The van der Waals surface area contributed by atoms with Gasteiger partial charge in [-0.25, -0.2) is 9.78 Å². The molecule has 2 aromatic heterocycles. The number of aryl methyl sites for hydroxylation is 1. The molecule has 26 heavy (non-hydrogen) atoms. The van der Waals surface area contributed by atoms with E-state index in [-0.39, 0.29) is 12.1 Å². The number of carbonyl (C=O) groups excluding carboxylic acids is 1. The van der Waals surface area contributed by atoms with Crippen molar-refractivity contribution in [2.75, 3.05) is 36.4 Å². The summed E-state index contributed by atoms with van der Waals surface area (Å²) in [4.78, 5) is 20.9. The van der Waals surface area contributed by atoms with E-state index in [1.807, 2.05) is 19.1 Å². The summed E-state index contributed by atoms with van der Waals surface area (Å²) in [7, 11) is 0. The van der Waals surface area contributed by atoms with Gasteiger partial charge in [0, 0.05) is 37.8 Å². The quantitative estimate of drug-likeness (QED) is 0.906. The third-order valence-corrected chi connectivity index (χ3v) is 4.85. The Morgan fingerprint density at radius 3 is 2.96 bits per heavy atom. The monoisotopic (exact) mass is 357 g/mol. The SMILES string of the molecule is Cc1conc1NC(=O)N1CC[C@H](Oc2cccnc2N2CCCC2)C1. The highest BCUT2D eigenvalue weighted by Crippen LogP contribution is 2.30. The van der Waals surface area contributed by atoms with Gasteiger partial charge in [0.25, 0.3) is 0 Å². The Kier molecular flexibility index (Phi) is 4.64. The molecule has 0 unspecified atom stereocenters. The summed E-state index contributed by atoms with van der Waals surface area (Å²) >= 11 is 0. The van der Waals surface area contributed by atoms with Crippen LogP contribution in [-0.4, -0.2) is 53.4 Å². The molecule has 2 amide bonds. The fraction of sp³-hybridized carbons (Fsp3) is 0.500. The number of nitrogens with zero attached hydrogens (tertiary/aromatic N) is 4. The zero-order valence-electron chi connectivity index (χ0n) is 14.9. The normalized spacial score (nSPS) is 19.8. The smallest absolute Gasteiger partial charge is 0.323 e. The first-order valence-electron chi connectivity index (χ1n) is 9.04. The lowest BCUT2D eigenvalue weighted by Crippen LogP contribution is -2.34. The number of ether oxygens (including phenoxy) is 1. The second-order valence-corrected chi connectivity index (χ2v) is 6.77. The molecule has 138 valence electrons. The lowest BCUT2D eigenvalue weighted by molar-refractivity contribution is 0.194. The van der Waals surface area contributed by atoms with Crippen LogP contribution in [0.15, 0.2) is 29.1 Å². The van der Waals surface area contributed by atoms with Crippen LogP contribution in [0.4, 0.5) is 16.4 Å². The second kappa shape index (κ2) is 7.23. The molecule has 2 saturated heterocycles. The maximum Gasteiger partial charge on any atom is 0.323 e. The molecule has 2 aliphatic heterocycles. The minimum absolute atomic E-state index is 0.0373. The first-order valence-corrected chi connectivity index (χ1v) is 9.04. The first kappa shape index (κ1) is 16.7. The Labute approximate surface area is 152 Å². The second-order valence-electron chi connectivity index (χ2n) is 6.77. The van der Waals surface area contributed by atoms with E-state index in [9.17, 15) is 4.79 Å². The van der Waals surface area contributed by atoms with Gasteiger partial charge in [-0.2, -0.15) is 0 Å². The molecule has 2 aromatic rings. The van der Waals surface area contributed by atoms with Gasteiger partial charge in [0.15, 0.2) is 17.4 Å². The molecule has 0 aliphatic carbocycles. The third-order valence-electron chi connectivity index (χ3n) is 4.85. The molecule has 1 N–H and O–H groups in total. The number of amides is 2.